The third-order valence-electron chi connectivity index (χ3n) is 4.55. The van der Waals surface area contributed by atoms with Crippen LogP contribution in [0.1, 0.15) is 11.3 Å². The molecule has 0 spiro atoms. The third-order valence-corrected chi connectivity index (χ3v) is 7.00. The molecule has 2 saturated heterocycles. The van der Waals surface area contributed by atoms with Gasteiger partial charge in [-0.2, -0.15) is 11.8 Å². The topological polar surface area (TPSA) is 51.1 Å². The summed E-state index contributed by atoms with van der Waals surface area (Å²) in [6, 6.07) is 4.08. The molecule has 1 atom stereocenters. The number of halogens is 1. The van der Waals surface area contributed by atoms with Gasteiger partial charge in [-0.05, 0) is 24.3 Å². The highest BCUT2D eigenvalue weighted by Crippen LogP contribution is 2.27. The zero-order valence-electron chi connectivity index (χ0n) is 14.0. The molecule has 0 amide bonds. The summed E-state index contributed by atoms with van der Waals surface area (Å²) in [6.07, 6.45) is 0.860. The van der Waals surface area contributed by atoms with Crippen LogP contribution in [-0.2, 0) is 6.54 Å². The molecule has 134 valence electrons. The van der Waals surface area contributed by atoms with Gasteiger partial charge in [-0.15, -0.1) is 11.3 Å². The van der Waals surface area contributed by atoms with E-state index >= 15 is 0 Å². The first-order chi connectivity index (χ1) is 11.6. The summed E-state index contributed by atoms with van der Waals surface area (Å²) in [4.78, 5) is 10.4. The fourth-order valence-electron chi connectivity index (χ4n) is 3.09. The highest BCUT2D eigenvalue weighted by molar-refractivity contribution is 7.99. The van der Waals surface area contributed by atoms with E-state index in [0.29, 0.717) is 6.54 Å². The normalized spacial score (nSPS) is 26.1. The minimum Gasteiger partial charge on any atom is -0.387 e. The number of guanidine groups is 1. The summed E-state index contributed by atoms with van der Waals surface area (Å²) in [5.74, 6) is 2.76. The Morgan fingerprint density at radius 3 is 2.75 bits per heavy atom. The summed E-state index contributed by atoms with van der Waals surface area (Å²) in [7, 11) is 1.82. The number of hydrogen-bond acceptors (Lipinski definition) is 5. The van der Waals surface area contributed by atoms with Crippen molar-refractivity contribution in [2.45, 2.75) is 18.6 Å². The summed E-state index contributed by atoms with van der Waals surface area (Å²) in [5.41, 5.74) is -0.582. The predicted molar refractivity (Wildman–Crippen MR) is 104 cm³/mol. The molecule has 5 nitrogen and oxygen atoms in total. The van der Waals surface area contributed by atoms with Gasteiger partial charge in [-0.25, -0.2) is 0 Å². The standard InChI is InChI=1S/C16H25ClN4OS2/c1-18-15(19-11-16(22)4-9-23-12-16)21-7-5-20(6-8-21)10-13-2-3-14(17)24-13/h2-3,22H,4-12H2,1H3,(H,18,19). The van der Waals surface area contributed by atoms with Crippen LogP contribution in [0.25, 0.3) is 0 Å². The lowest BCUT2D eigenvalue weighted by molar-refractivity contribution is 0.0711. The van der Waals surface area contributed by atoms with Crippen LogP contribution in [-0.4, -0.2) is 77.7 Å². The van der Waals surface area contributed by atoms with Crippen molar-refractivity contribution in [3.63, 3.8) is 0 Å². The molecule has 24 heavy (non-hydrogen) atoms. The van der Waals surface area contributed by atoms with Gasteiger partial charge in [0.25, 0.3) is 0 Å². The number of aliphatic hydroxyl groups is 1. The number of nitrogens with zero attached hydrogens (tertiary/aromatic N) is 3. The number of hydrogen-bond donors (Lipinski definition) is 2. The average molecular weight is 389 g/mol. The van der Waals surface area contributed by atoms with Crippen LogP contribution in [0, 0.1) is 0 Å². The molecular formula is C16H25ClN4OS2. The quantitative estimate of drug-likeness (QED) is 0.610. The van der Waals surface area contributed by atoms with Crippen LogP contribution in [0.3, 0.4) is 0 Å². The summed E-state index contributed by atoms with van der Waals surface area (Å²) in [5, 5.41) is 13.8. The smallest absolute Gasteiger partial charge is 0.193 e. The maximum Gasteiger partial charge on any atom is 0.193 e. The second-order valence-electron chi connectivity index (χ2n) is 6.40. The van der Waals surface area contributed by atoms with Crippen molar-refractivity contribution in [3.8, 4) is 0 Å². The van der Waals surface area contributed by atoms with E-state index in [4.69, 9.17) is 11.6 Å². The number of aliphatic imine (C=N–C) groups is 1. The van der Waals surface area contributed by atoms with Crippen LogP contribution in [0.2, 0.25) is 4.34 Å². The van der Waals surface area contributed by atoms with Gasteiger partial charge in [0.15, 0.2) is 5.96 Å². The Morgan fingerprint density at radius 2 is 2.17 bits per heavy atom. The van der Waals surface area contributed by atoms with Gasteiger partial charge in [0.2, 0.25) is 0 Å². The minimum atomic E-state index is -0.582. The van der Waals surface area contributed by atoms with E-state index < -0.39 is 5.60 Å². The summed E-state index contributed by atoms with van der Waals surface area (Å²) < 4.78 is 0.858. The molecule has 0 bridgehead atoms. The zero-order valence-corrected chi connectivity index (χ0v) is 16.4. The van der Waals surface area contributed by atoms with Gasteiger partial charge in [0, 0.05) is 56.9 Å². The van der Waals surface area contributed by atoms with Crippen LogP contribution in [0.15, 0.2) is 17.1 Å². The fraction of sp³-hybridized carbons (Fsp3) is 0.688. The van der Waals surface area contributed by atoms with E-state index in [-0.39, 0.29) is 0 Å². The Hall–Kier alpha value is -0.470. The summed E-state index contributed by atoms with van der Waals surface area (Å²) in [6.45, 7) is 5.47. The zero-order chi connectivity index (χ0) is 17.0. The Bertz CT molecular complexity index is 566. The van der Waals surface area contributed by atoms with E-state index in [0.717, 1.165) is 60.9 Å². The number of nitrogens with one attached hydrogen (secondary N) is 1. The third kappa shape index (κ3) is 4.79. The first-order valence-electron chi connectivity index (χ1n) is 8.30. The second-order valence-corrected chi connectivity index (χ2v) is 9.30. The molecule has 3 rings (SSSR count). The van der Waals surface area contributed by atoms with Gasteiger partial charge >= 0.3 is 0 Å². The summed E-state index contributed by atoms with van der Waals surface area (Å²) >= 11 is 9.49. The van der Waals surface area contributed by atoms with Gasteiger partial charge in [-0.1, -0.05) is 11.6 Å². The molecule has 8 heteroatoms. The Balaban J connectivity index is 1.45. The molecule has 2 N–H and O–H groups in total. The van der Waals surface area contributed by atoms with Crippen molar-refractivity contribution in [1.82, 2.24) is 15.1 Å². The van der Waals surface area contributed by atoms with Gasteiger partial charge in [0.05, 0.1) is 9.94 Å². The predicted octanol–water partition coefficient (Wildman–Crippen LogP) is 1.96. The van der Waals surface area contributed by atoms with Gasteiger partial charge in [-0.3, -0.25) is 9.89 Å². The van der Waals surface area contributed by atoms with Crippen molar-refractivity contribution >= 4 is 40.7 Å². The molecule has 0 aliphatic carbocycles. The first-order valence-corrected chi connectivity index (χ1v) is 10.7. The van der Waals surface area contributed by atoms with E-state index in [1.807, 2.05) is 24.9 Å². The van der Waals surface area contributed by atoms with E-state index in [1.54, 1.807) is 11.3 Å². The maximum atomic E-state index is 10.5. The molecule has 2 fully saturated rings. The fourth-order valence-corrected chi connectivity index (χ4v) is 5.51. The van der Waals surface area contributed by atoms with Crippen molar-refractivity contribution in [2.75, 3.05) is 51.3 Å². The van der Waals surface area contributed by atoms with Crippen molar-refractivity contribution in [1.29, 1.82) is 0 Å². The van der Waals surface area contributed by atoms with E-state index in [1.165, 1.54) is 4.88 Å². The van der Waals surface area contributed by atoms with Gasteiger partial charge < -0.3 is 15.3 Å². The number of thiophene rings is 1. The Kier molecular flexibility index (Phi) is 6.32. The first kappa shape index (κ1) is 18.3. The SMILES string of the molecule is CN=C(NCC1(O)CCSC1)N1CCN(Cc2ccc(Cl)s2)CC1. The lowest BCUT2D eigenvalue weighted by Gasteiger charge is -2.37. The number of thioether (sulfide) groups is 1. The van der Waals surface area contributed by atoms with E-state index in [2.05, 4.69) is 26.2 Å². The minimum absolute atomic E-state index is 0.582. The van der Waals surface area contributed by atoms with Crippen molar-refractivity contribution in [2.24, 2.45) is 4.99 Å². The average Bonchev–Trinajstić information content (AvgIpc) is 3.18. The van der Waals surface area contributed by atoms with Crippen LogP contribution in [0.4, 0.5) is 0 Å². The molecule has 1 unspecified atom stereocenters. The van der Waals surface area contributed by atoms with Crippen LogP contribution >= 0.6 is 34.7 Å². The Labute approximate surface area is 157 Å². The number of piperazine rings is 1. The molecule has 1 aromatic rings. The van der Waals surface area contributed by atoms with Gasteiger partial charge in [0.1, 0.15) is 0 Å². The highest BCUT2D eigenvalue weighted by atomic mass is 35.5. The lowest BCUT2D eigenvalue weighted by Crippen LogP contribution is -2.54. The van der Waals surface area contributed by atoms with Crippen molar-refractivity contribution in [3.05, 3.63) is 21.3 Å². The monoisotopic (exact) mass is 388 g/mol. The molecular weight excluding hydrogens is 364 g/mol. The van der Waals surface area contributed by atoms with Crippen molar-refractivity contribution < 1.29 is 5.11 Å². The maximum absolute atomic E-state index is 10.5. The molecule has 0 saturated carbocycles. The Morgan fingerprint density at radius 1 is 1.38 bits per heavy atom. The second kappa shape index (κ2) is 8.27. The largest absolute Gasteiger partial charge is 0.387 e. The molecule has 0 radical (unpaired) electrons. The molecule has 0 aromatic carbocycles. The highest BCUT2D eigenvalue weighted by Gasteiger charge is 2.32. The lowest BCUT2D eigenvalue weighted by atomic mass is 10.0. The molecule has 3 heterocycles. The molecule has 2 aliphatic heterocycles. The molecule has 1 aromatic heterocycles. The van der Waals surface area contributed by atoms with E-state index in [9.17, 15) is 5.11 Å². The molecule has 2 aliphatic rings. The van der Waals surface area contributed by atoms with Crippen LogP contribution in [0.5, 0.6) is 0 Å². The van der Waals surface area contributed by atoms with Crippen LogP contribution < -0.4 is 5.32 Å². The number of rotatable bonds is 4.